The molecule has 6 nitrogen and oxygen atoms in total. The van der Waals surface area contributed by atoms with Crippen molar-refractivity contribution in [3.63, 3.8) is 0 Å². The number of nitrogens with zero attached hydrogens (tertiary/aromatic N) is 2. The van der Waals surface area contributed by atoms with Crippen LogP contribution >= 0.6 is 11.8 Å². The van der Waals surface area contributed by atoms with Crippen molar-refractivity contribution in [2.45, 2.75) is 16.8 Å². The molecule has 2 rings (SSSR count). The molecule has 0 aliphatic heterocycles. The number of hydrogen-bond donors (Lipinski definition) is 1. The Morgan fingerprint density at radius 1 is 1.35 bits per heavy atom. The molecule has 1 heterocycles. The average Bonchev–Trinajstić information content (AvgIpc) is 2.38. The van der Waals surface area contributed by atoms with E-state index in [1.807, 2.05) is 0 Å². The first-order valence-corrected chi connectivity index (χ1v) is 6.42. The third kappa shape index (κ3) is 2.77. The Kier molecular flexibility index (Phi) is 3.99. The molecule has 2 aromatic rings. The Balaban J connectivity index is 2.49. The van der Waals surface area contributed by atoms with Crippen molar-refractivity contribution in [3.8, 4) is 0 Å². The second-order valence-corrected chi connectivity index (χ2v) is 4.97. The van der Waals surface area contributed by atoms with Crippen LogP contribution in [0, 0.1) is 17.0 Å². The number of para-hydroxylation sites is 1. The molecule has 0 saturated heterocycles. The molecule has 0 saturated carbocycles. The van der Waals surface area contributed by atoms with Gasteiger partial charge in [-0.25, -0.2) is 9.78 Å². The molecule has 0 unspecified atom stereocenters. The Labute approximate surface area is 118 Å². The summed E-state index contributed by atoms with van der Waals surface area (Å²) in [7, 11) is 0. The Morgan fingerprint density at radius 3 is 2.75 bits per heavy atom. The van der Waals surface area contributed by atoms with Crippen LogP contribution in [0.25, 0.3) is 0 Å². The quantitative estimate of drug-likeness (QED) is 0.686. The molecular formula is C13H10N2O4S. The maximum atomic E-state index is 11.1. The van der Waals surface area contributed by atoms with Crippen LogP contribution in [0.2, 0.25) is 0 Å². The lowest BCUT2D eigenvalue weighted by atomic mass is 10.2. The second kappa shape index (κ2) is 5.70. The molecule has 102 valence electrons. The largest absolute Gasteiger partial charge is 0.478 e. The number of nitro groups is 1. The van der Waals surface area contributed by atoms with Crippen LogP contribution in [0.4, 0.5) is 5.69 Å². The first kappa shape index (κ1) is 14.0. The molecule has 1 N–H and O–H groups in total. The third-order valence-electron chi connectivity index (χ3n) is 2.59. The molecular weight excluding hydrogens is 280 g/mol. The van der Waals surface area contributed by atoms with Gasteiger partial charge in [0.2, 0.25) is 0 Å². The molecule has 0 aliphatic carbocycles. The average molecular weight is 290 g/mol. The van der Waals surface area contributed by atoms with Crippen molar-refractivity contribution >= 4 is 23.4 Å². The Morgan fingerprint density at radius 2 is 2.10 bits per heavy atom. The molecule has 1 aromatic heterocycles. The molecule has 0 amide bonds. The molecule has 0 atom stereocenters. The number of aromatic nitrogens is 1. The van der Waals surface area contributed by atoms with Gasteiger partial charge in [-0.1, -0.05) is 23.9 Å². The summed E-state index contributed by atoms with van der Waals surface area (Å²) in [5.41, 5.74) is 0.514. The van der Waals surface area contributed by atoms with Gasteiger partial charge in [0.15, 0.2) is 0 Å². The van der Waals surface area contributed by atoms with E-state index in [0.717, 1.165) is 11.8 Å². The van der Waals surface area contributed by atoms with Gasteiger partial charge < -0.3 is 5.11 Å². The lowest BCUT2D eigenvalue weighted by Gasteiger charge is -2.06. The van der Waals surface area contributed by atoms with Gasteiger partial charge in [-0.2, -0.15) is 0 Å². The second-order valence-electron chi connectivity index (χ2n) is 3.94. The zero-order valence-corrected chi connectivity index (χ0v) is 11.3. The van der Waals surface area contributed by atoms with Gasteiger partial charge in [0.05, 0.1) is 15.4 Å². The number of benzene rings is 1. The van der Waals surface area contributed by atoms with Crippen molar-refractivity contribution in [3.05, 3.63) is 57.8 Å². The first-order valence-electron chi connectivity index (χ1n) is 5.61. The maximum Gasteiger partial charge on any atom is 0.338 e. The minimum atomic E-state index is -1.11. The first-order chi connectivity index (χ1) is 9.50. The molecule has 20 heavy (non-hydrogen) atoms. The lowest BCUT2D eigenvalue weighted by Crippen LogP contribution is -2.01. The number of pyridine rings is 1. The minimum absolute atomic E-state index is 0.0216. The minimum Gasteiger partial charge on any atom is -0.478 e. The van der Waals surface area contributed by atoms with E-state index in [4.69, 9.17) is 5.11 Å². The number of hydrogen-bond acceptors (Lipinski definition) is 5. The summed E-state index contributed by atoms with van der Waals surface area (Å²) in [5.74, 6) is -1.11. The molecule has 1 aromatic carbocycles. The van der Waals surface area contributed by atoms with Crippen molar-refractivity contribution < 1.29 is 14.8 Å². The van der Waals surface area contributed by atoms with Crippen molar-refractivity contribution in [1.82, 2.24) is 4.98 Å². The summed E-state index contributed by atoms with van der Waals surface area (Å²) in [5, 5.41) is 20.4. The zero-order valence-electron chi connectivity index (χ0n) is 10.4. The van der Waals surface area contributed by atoms with Gasteiger partial charge in [-0.15, -0.1) is 0 Å². The molecule has 0 spiro atoms. The molecule has 0 radical (unpaired) electrons. The van der Waals surface area contributed by atoms with E-state index >= 15 is 0 Å². The van der Waals surface area contributed by atoms with Crippen LogP contribution in [0.1, 0.15) is 15.9 Å². The van der Waals surface area contributed by atoms with Crippen LogP contribution < -0.4 is 0 Å². The lowest BCUT2D eigenvalue weighted by molar-refractivity contribution is -0.388. The van der Waals surface area contributed by atoms with Crippen molar-refractivity contribution in [1.29, 1.82) is 0 Å². The van der Waals surface area contributed by atoms with Crippen LogP contribution in [0.5, 0.6) is 0 Å². The van der Waals surface area contributed by atoms with E-state index in [0.29, 0.717) is 10.5 Å². The van der Waals surface area contributed by atoms with Gasteiger partial charge in [-0.05, 0) is 25.1 Å². The van der Waals surface area contributed by atoms with E-state index in [9.17, 15) is 14.9 Å². The number of carboxylic acid groups (broad SMARTS) is 1. The van der Waals surface area contributed by atoms with Crippen LogP contribution in [0.3, 0.4) is 0 Å². The highest BCUT2D eigenvalue weighted by molar-refractivity contribution is 7.99. The summed E-state index contributed by atoms with van der Waals surface area (Å²) in [6, 6.07) is 7.83. The fraction of sp³-hybridized carbons (Fsp3) is 0.0769. The zero-order chi connectivity index (χ0) is 14.7. The fourth-order valence-corrected chi connectivity index (χ4v) is 2.75. The molecule has 7 heteroatoms. The van der Waals surface area contributed by atoms with Gasteiger partial charge in [0.1, 0.15) is 5.03 Å². The smallest absolute Gasteiger partial charge is 0.338 e. The summed E-state index contributed by atoms with van der Waals surface area (Å²) in [6.07, 6.45) is 1.45. The number of carboxylic acids is 1. The van der Waals surface area contributed by atoms with Gasteiger partial charge in [0.25, 0.3) is 5.69 Å². The predicted octanol–water partition coefficient (Wildman–Crippen LogP) is 3.15. The highest BCUT2D eigenvalue weighted by Gasteiger charge is 2.20. The molecule has 0 aliphatic rings. The SMILES string of the molecule is Cc1cccc(Sc2ncccc2C(=O)O)c1[N+](=O)[O-]. The van der Waals surface area contributed by atoms with Gasteiger partial charge >= 0.3 is 5.97 Å². The molecule has 0 fully saturated rings. The van der Waals surface area contributed by atoms with Crippen LogP contribution in [-0.2, 0) is 0 Å². The van der Waals surface area contributed by atoms with E-state index in [2.05, 4.69) is 4.98 Å². The van der Waals surface area contributed by atoms with Gasteiger partial charge in [-0.3, -0.25) is 10.1 Å². The van der Waals surface area contributed by atoms with Crippen LogP contribution in [-0.4, -0.2) is 21.0 Å². The highest BCUT2D eigenvalue weighted by Crippen LogP contribution is 2.36. The fourth-order valence-electron chi connectivity index (χ4n) is 1.69. The normalized spacial score (nSPS) is 10.2. The van der Waals surface area contributed by atoms with E-state index in [1.165, 1.54) is 18.3 Å². The summed E-state index contributed by atoms with van der Waals surface area (Å²) >= 11 is 0.978. The number of aromatic carboxylic acids is 1. The van der Waals surface area contributed by atoms with Crippen molar-refractivity contribution in [2.75, 3.05) is 0 Å². The van der Waals surface area contributed by atoms with E-state index in [1.54, 1.807) is 25.1 Å². The highest BCUT2D eigenvalue weighted by atomic mass is 32.2. The standard InChI is InChI=1S/C13H10N2O4S/c1-8-4-2-6-10(11(8)15(18)19)20-12-9(13(16)17)5-3-7-14-12/h2-7H,1H3,(H,16,17). The number of rotatable bonds is 4. The molecule has 0 bridgehead atoms. The maximum absolute atomic E-state index is 11.1. The topological polar surface area (TPSA) is 93.3 Å². The summed E-state index contributed by atoms with van der Waals surface area (Å²) in [6.45, 7) is 1.64. The van der Waals surface area contributed by atoms with Gasteiger partial charge in [0, 0.05) is 11.8 Å². The number of aryl methyl sites for hydroxylation is 1. The number of carbonyl (C=O) groups is 1. The monoisotopic (exact) mass is 290 g/mol. The summed E-state index contributed by atoms with van der Waals surface area (Å²) in [4.78, 5) is 26.1. The third-order valence-corrected chi connectivity index (χ3v) is 3.66. The van der Waals surface area contributed by atoms with E-state index in [-0.39, 0.29) is 16.3 Å². The van der Waals surface area contributed by atoms with Crippen LogP contribution in [0.15, 0.2) is 46.5 Å². The van der Waals surface area contributed by atoms with E-state index < -0.39 is 10.9 Å². The Bertz CT molecular complexity index is 688. The Hall–Kier alpha value is -2.41. The predicted molar refractivity (Wildman–Crippen MR) is 73.2 cm³/mol. The van der Waals surface area contributed by atoms with Crippen molar-refractivity contribution in [2.24, 2.45) is 0 Å². The summed E-state index contributed by atoms with van der Waals surface area (Å²) < 4.78 is 0. The number of nitro benzene ring substituents is 1.